The largest absolute Gasteiger partial charge is 0.477 e. The molecule has 0 unspecified atom stereocenters. The molecular weight excluding hydrogens is 264 g/mol. The highest BCUT2D eigenvalue weighted by Crippen LogP contribution is 2.15. The molecule has 0 aliphatic rings. The first-order valence-electron chi connectivity index (χ1n) is 4.86. The Kier molecular flexibility index (Phi) is 5.06. The Labute approximate surface area is 104 Å². The van der Waals surface area contributed by atoms with Crippen molar-refractivity contribution in [2.45, 2.75) is 6.54 Å². The molecule has 1 aromatic heterocycles. The van der Waals surface area contributed by atoms with Crippen molar-refractivity contribution in [2.24, 2.45) is 0 Å². The van der Waals surface area contributed by atoms with Crippen LogP contribution in [0.25, 0.3) is 0 Å². The molecule has 17 heavy (non-hydrogen) atoms. The lowest BCUT2D eigenvalue weighted by molar-refractivity contribution is 0.0702. The minimum atomic E-state index is -3.14. The zero-order valence-corrected chi connectivity index (χ0v) is 10.9. The van der Waals surface area contributed by atoms with E-state index in [-0.39, 0.29) is 0 Å². The van der Waals surface area contributed by atoms with E-state index in [1.807, 2.05) is 0 Å². The van der Waals surface area contributed by atoms with Gasteiger partial charge in [-0.1, -0.05) is 0 Å². The molecule has 0 aromatic carbocycles. The summed E-state index contributed by atoms with van der Waals surface area (Å²) in [6.07, 6.45) is 1.10. The maximum Gasteiger partial charge on any atom is 0.345 e. The number of carboxylic acid groups (broad SMARTS) is 1. The fourth-order valence-corrected chi connectivity index (χ4v) is 2.41. The number of hydrogen-bond donors (Lipinski definition) is 3. The van der Waals surface area contributed by atoms with E-state index >= 15 is 0 Å². The van der Waals surface area contributed by atoms with E-state index in [2.05, 4.69) is 10.0 Å². The van der Waals surface area contributed by atoms with Gasteiger partial charge in [-0.05, 0) is 12.1 Å². The van der Waals surface area contributed by atoms with E-state index in [9.17, 15) is 13.2 Å². The quantitative estimate of drug-likeness (QED) is 0.614. The fourth-order valence-electron chi connectivity index (χ4n) is 1.12. The lowest BCUT2D eigenvalue weighted by Gasteiger charge is -2.03. The van der Waals surface area contributed by atoms with Gasteiger partial charge in [0.15, 0.2) is 0 Å². The molecular formula is C9H14N2O4S2. The molecule has 0 radical (unpaired) electrons. The molecule has 0 bridgehead atoms. The number of aromatic carboxylic acids is 1. The fraction of sp³-hybridized carbons (Fsp3) is 0.444. The Morgan fingerprint density at radius 1 is 1.41 bits per heavy atom. The van der Waals surface area contributed by atoms with Gasteiger partial charge in [-0.3, -0.25) is 0 Å². The molecule has 0 saturated carbocycles. The first kappa shape index (κ1) is 14.1. The highest BCUT2D eigenvalue weighted by atomic mass is 32.2. The van der Waals surface area contributed by atoms with Gasteiger partial charge in [0.2, 0.25) is 10.0 Å². The molecule has 1 rings (SSSR count). The Morgan fingerprint density at radius 3 is 2.65 bits per heavy atom. The van der Waals surface area contributed by atoms with Crippen LogP contribution in [0.15, 0.2) is 12.1 Å². The summed E-state index contributed by atoms with van der Waals surface area (Å²) in [6.45, 7) is 1.34. The number of rotatable bonds is 7. The predicted molar refractivity (Wildman–Crippen MR) is 65.8 cm³/mol. The number of nitrogens with one attached hydrogen (secondary N) is 2. The van der Waals surface area contributed by atoms with Gasteiger partial charge in [-0.25, -0.2) is 17.9 Å². The minimum Gasteiger partial charge on any atom is -0.477 e. The van der Waals surface area contributed by atoms with Gasteiger partial charge in [0, 0.05) is 24.5 Å². The van der Waals surface area contributed by atoms with Gasteiger partial charge in [-0.2, -0.15) is 0 Å². The van der Waals surface area contributed by atoms with Crippen LogP contribution in [0.1, 0.15) is 14.5 Å². The molecule has 0 aliphatic carbocycles. The average Bonchev–Trinajstić information content (AvgIpc) is 2.64. The number of carboxylic acids is 1. The minimum absolute atomic E-state index is 0.302. The van der Waals surface area contributed by atoms with Gasteiger partial charge in [0.05, 0.1) is 6.26 Å². The summed E-state index contributed by atoms with van der Waals surface area (Å²) in [6, 6.07) is 3.30. The van der Waals surface area contributed by atoms with E-state index in [0.29, 0.717) is 24.5 Å². The van der Waals surface area contributed by atoms with E-state index in [0.717, 1.165) is 11.1 Å². The standard InChI is InChI=1S/C9H14N2O4S2/c1-17(14,15)11-5-4-10-6-7-2-3-8(16-7)9(12)13/h2-3,10-11H,4-6H2,1H3,(H,12,13). The van der Waals surface area contributed by atoms with Gasteiger partial charge in [0.1, 0.15) is 4.88 Å². The Morgan fingerprint density at radius 2 is 2.12 bits per heavy atom. The molecule has 96 valence electrons. The first-order valence-corrected chi connectivity index (χ1v) is 7.56. The van der Waals surface area contributed by atoms with Gasteiger partial charge in [0.25, 0.3) is 0 Å². The SMILES string of the molecule is CS(=O)(=O)NCCNCc1ccc(C(=O)O)s1. The smallest absolute Gasteiger partial charge is 0.345 e. The van der Waals surface area contributed by atoms with Crippen molar-refractivity contribution in [3.8, 4) is 0 Å². The monoisotopic (exact) mass is 278 g/mol. The third-order valence-electron chi connectivity index (χ3n) is 1.84. The van der Waals surface area contributed by atoms with Crippen LogP contribution in [0.2, 0.25) is 0 Å². The zero-order chi connectivity index (χ0) is 12.9. The van der Waals surface area contributed by atoms with E-state index in [1.54, 1.807) is 12.1 Å². The molecule has 0 fully saturated rings. The summed E-state index contributed by atoms with van der Waals surface area (Å²) in [5, 5.41) is 11.7. The van der Waals surface area contributed by atoms with Crippen LogP contribution in [0.3, 0.4) is 0 Å². The van der Waals surface area contributed by atoms with Crippen LogP contribution in [0.5, 0.6) is 0 Å². The maximum atomic E-state index is 10.7. The third-order valence-corrected chi connectivity index (χ3v) is 3.64. The van der Waals surface area contributed by atoms with Crippen LogP contribution in [0, 0.1) is 0 Å². The molecule has 1 aromatic rings. The van der Waals surface area contributed by atoms with Crippen LogP contribution < -0.4 is 10.0 Å². The van der Waals surface area contributed by atoms with Gasteiger partial charge >= 0.3 is 5.97 Å². The Balaban J connectivity index is 2.24. The molecule has 8 heteroatoms. The van der Waals surface area contributed by atoms with Crippen molar-refractivity contribution in [1.29, 1.82) is 0 Å². The van der Waals surface area contributed by atoms with E-state index in [4.69, 9.17) is 5.11 Å². The van der Waals surface area contributed by atoms with E-state index < -0.39 is 16.0 Å². The first-order chi connectivity index (χ1) is 7.88. The lowest BCUT2D eigenvalue weighted by Crippen LogP contribution is -2.30. The highest BCUT2D eigenvalue weighted by molar-refractivity contribution is 7.88. The Bertz CT molecular complexity index is 481. The molecule has 0 amide bonds. The molecule has 0 aliphatic heterocycles. The molecule has 0 saturated heterocycles. The molecule has 3 N–H and O–H groups in total. The van der Waals surface area contributed by atoms with Crippen LogP contribution in [-0.4, -0.2) is 38.8 Å². The summed E-state index contributed by atoms with van der Waals surface area (Å²) in [5.41, 5.74) is 0. The number of hydrogen-bond acceptors (Lipinski definition) is 5. The van der Waals surface area contributed by atoms with Crippen LogP contribution in [-0.2, 0) is 16.6 Å². The normalized spacial score (nSPS) is 11.6. The molecule has 6 nitrogen and oxygen atoms in total. The Hall–Kier alpha value is -0.960. The van der Waals surface area contributed by atoms with Crippen LogP contribution in [0.4, 0.5) is 0 Å². The summed E-state index contributed by atoms with van der Waals surface area (Å²) in [7, 11) is -3.14. The van der Waals surface area contributed by atoms with Crippen molar-refractivity contribution in [2.75, 3.05) is 19.3 Å². The van der Waals surface area contributed by atoms with Gasteiger partial charge in [-0.15, -0.1) is 11.3 Å². The topological polar surface area (TPSA) is 95.5 Å². The predicted octanol–water partition coefficient (Wildman–Crippen LogP) is 0.0851. The number of thiophene rings is 1. The second-order valence-corrected chi connectivity index (χ2v) is 6.42. The second kappa shape index (κ2) is 6.10. The van der Waals surface area contributed by atoms with E-state index in [1.165, 1.54) is 11.3 Å². The molecule has 0 atom stereocenters. The van der Waals surface area contributed by atoms with Crippen molar-refractivity contribution in [3.63, 3.8) is 0 Å². The average molecular weight is 278 g/mol. The number of sulfonamides is 1. The number of carbonyl (C=O) groups is 1. The third kappa shape index (κ3) is 5.78. The van der Waals surface area contributed by atoms with Gasteiger partial charge < -0.3 is 10.4 Å². The van der Waals surface area contributed by atoms with Crippen LogP contribution >= 0.6 is 11.3 Å². The zero-order valence-electron chi connectivity index (χ0n) is 9.26. The van der Waals surface area contributed by atoms with Crippen molar-refractivity contribution in [3.05, 3.63) is 21.9 Å². The summed E-state index contributed by atoms with van der Waals surface area (Å²) >= 11 is 1.20. The van der Waals surface area contributed by atoms with Crippen molar-refractivity contribution >= 4 is 27.3 Å². The lowest BCUT2D eigenvalue weighted by atomic mass is 10.4. The highest BCUT2D eigenvalue weighted by Gasteiger charge is 2.06. The van der Waals surface area contributed by atoms with Crippen molar-refractivity contribution in [1.82, 2.24) is 10.0 Å². The summed E-state index contributed by atoms with van der Waals surface area (Å²) < 4.78 is 23.8. The molecule has 0 spiro atoms. The van der Waals surface area contributed by atoms with Crippen molar-refractivity contribution < 1.29 is 18.3 Å². The summed E-state index contributed by atoms with van der Waals surface area (Å²) in [5.74, 6) is -0.931. The summed E-state index contributed by atoms with van der Waals surface area (Å²) in [4.78, 5) is 11.8. The maximum absolute atomic E-state index is 10.7. The second-order valence-electron chi connectivity index (χ2n) is 3.41. The molecule has 1 heterocycles.